The van der Waals surface area contributed by atoms with Gasteiger partial charge in [0.1, 0.15) is 0 Å². The predicted molar refractivity (Wildman–Crippen MR) is 104 cm³/mol. The number of hydrogen-bond donors (Lipinski definition) is 1. The Morgan fingerprint density at radius 2 is 2.04 bits per heavy atom. The molecule has 0 spiro atoms. The molecule has 0 radical (unpaired) electrons. The highest BCUT2D eigenvalue weighted by Crippen LogP contribution is 2.28. The van der Waals surface area contributed by atoms with Crippen LogP contribution in [0.2, 0.25) is 10.0 Å². The van der Waals surface area contributed by atoms with Gasteiger partial charge < -0.3 is 5.11 Å². The lowest BCUT2D eigenvalue weighted by molar-refractivity contribution is 0.0687. The van der Waals surface area contributed by atoms with Crippen molar-refractivity contribution < 1.29 is 9.90 Å². The number of carboxylic acids is 1. The molecule has 2 aromatic rings. The largest absolute Gasteiger partial charge is 0.476 e. The van der Waals surface area contributed by atoms with E-state index < -0.39 is 5.97 Å². The first-order valence-electron chi connectivity index (χ1n) is 8.86. The van der Waals surface area contributed by atoms with Crippen LogP contribution in [0, 0.1) is 17.2 Å². The van der Waals surface area contributed by atoms with Crippen LogP contribution in [0.15, 0.2) is 18.2 Å². The first-order chi connectivity index (χ1) is 12.9. The lowest BCUT2D eigenvalue weighted by Gasteiger charge is -2.29. The van der Waals surface area contributed by atoms with E-state index in [1.807, 2.05) is 6.92 Å². The third-order valence-corrected chi connectivity index (χ3v) is 5.67. The summed E-state index contributed by atoms with van der Waals surface area (Å²) >= 11 is 12.1. The van der Waals surface area contributed by atoms with E-state index >= 15 is 0 Å². The minimum Gasteiger partial charge on any atom is -0.476 e. The van der Waals surface area contributed by atoms with Crippen molar-refractivity contribution >= 4 is 29.2 Å². The van der Waals surface area contributed by atoms with E-state index in [-0.39, 0.29) is 11.6 Å². The van der Waals surface area contributed by atoms with Gasteiger partial charge in [0, 0.05) is 23.7 Å². The van der Waals surface area contributed by atoms with Gasteiger partial charge in [0.15, 0.2) is 5.69 Å². The Bertz CT molecular complexity index is 896. The van der Waals surface area contributed by atoms with Crippen LogP contribution in [0.1, 0.15) is 41.5 Å². The summed E-state index contributed by atoms with van der Waals surface area (Å²) in [6.45, 7) is 4.03. The van der Waals surface area contributed by atoms with E-state index in [4.69, 9.17) is 28.5 Å². The van der Waals surface area contributed by atoms with Crippen LogP contribution in [0.25, 0.3) is 5.69 Å². The molecule has 0 saturated carbocycles. The summed E-state index contributed by atoms with van der Waals surface area (Å²) in [6.07, 6.45) is 2.24. The number of likely N-dealkylation sites (tertiary alicyclic amines) is 1. The van der Waals surface area contributed by atoms with E-state index in [1.165, 1.54) is 0 Å². The Labute approximate surface area is 167 Å². The summed E-state index contributed by atoms with van der Waals surface area (Å²) in [5.41, 5.74) is 2.29. The smallest absolute Gasteiger partial charge is 0.356 e. The molecule has 1 aliphatic rings. The van der Waals surface area contributed by atoms with Gasteiger partial charge in [0.2, 0.25) is 0 Å². The Balaban J connectivity index is 1.97. The molecule has 0 amide bonds. The average Bonchev–Trinajstić information content (AvgIpc) is 3.03. The van der Waals surface area contributed by atoms with Gasteiger partial charge >= 0.3 is 5.97 Å². The highest BCUT2D eigenvalue weighted by Gasteiger charge is 2.26. The number of benzene rings is 1. The Kier molecular flexibility index (Phi) is 6.05. The molecule has 8 heteroatoms. The molecule has 1 saturated heterocycles. The second-order valence-electron chi connectivity index (χ2n) is 6.62. The third-order valence-electron chi connectivity index (χ3n) is 4.93. The van der Waals surface area contributed by atoms with Gasteiger partial charge in [-0.05, 0) is 50.6 Å². The predicted octanol–water partition coefficient (Wildman–Crippen LogP) is 4.18. The van der Waals surface area contributed by atoms with Crippen LogP contribution in [0.5, 0.6) is 0 Å². The molecular formula is C19H20Cl2N4O2. The normalized spacial score (nSPS) is 15.6. The van der Waals surface area contributed by atoms with Crippen molar-refractivity contribution in [1.29, 1.82) is 5.26 Å². The van der Waals surface area contributed by atoms with Gasteiger partial charge in [-0.25, -0.2) is 9.48 Å². The lowest BCUT2D eigenvalue weighted by Crippen LogP contribution is -2.33. The number of aromatic carboxylic acids is 1. The summed E-state index contributed by atoms with van der Waals surface area (Å²) in [5, 5.41) is 23.9. The fraction of sp³-hybridized carbons (Fsp3) is 0.421. The number of halogens is 2. The zero-order valence-electron chi connectivity index (χ0n) is 15.0. The van der Waals surface area contributed by atoms with Crippen molar-refractivity contribution in [2.45, 2.75) is 32.7 Å². The number of rotatable bonds is 5. The third kappa shape index (κ3) is 4.11. The van der Waals surface area contributed by atoms with Crippen molar-refractivity contribution in [2.75, 3.05) is 13.1 Å². The molecule has 1 aromatic heterocycles. The summed E-state index contributed by atoms with van der Waals surface area (Å²) in [4.78, 5) is 14.0. The average molecular weight is 407 g/mol. The van der Waals surface area contributed by atoms with Crippen LogP contribution >= 0.6 is 23.2 Å². The number of carboxylic acid groups (broad SMARTS) is 1. The van der Waals surface area contributed by atoms with Gasteiger partial charge in [0.05, 0.1) is 21.8 Å². The molecule has 0 atom stereocenters. The molecule has 6 nitrogen and oxygen atoms in total. The molecular weight excluding hydrogens is 387 g/mol. The minimum atomic E-state index is -1.05. The van der Waals surface area contributed by atoms with E-state index in [2.05, 4.69) is 16.1 Å². The van der Waals surface area contributed by atoms with Crippen LogP contribution in [-0.4, -0.2) is 38.8 Å². The minimum absolute atomic E-state index is 0.0559. The number of piperidine rings is 1. The van der Waals surface area contributed by atoms with Crippen molar-refractivity contribution in [3.63, 3.8) is 0 Å². The van der Waals surface area contributed by atoms with Crippen LogP contribution in [0.4, 0.5) is 0 Å². The maximum atomic E-state index is 11.8. The summed E-state index contributed by atoms with van der Waals surface area (Å²) in [6, 6.07) is 7.45. The van der Waals surface area contributed by atoms with E-state index in [0.717, 1.165) is 31.6 Å². The van der Waals surface area contributed by atoms with Crippen molar-refractivity contribution in [2.24, 2.45) is 5.92 Å². The maximum absolute atomic E-state index is 11.8. The number of hydrogen-bond acceptors (Lipinski definition) is 4. The molecule has 142 valence electrons. The first kappa shape index (κ1) is 19.7. The number of aromatic nitrogens is 2. The zero-order chi connectivity index (χ0) is 19.6. The van der Waals surface area contributed by atoms with Crippen LogP contribution in [0.3, 0.4) is 0 Å². The molecule has 1 fully saturated rings. The highest BCUT2D eigenvalue weighted by atomic mass is 35.5. The molecule has 1 aliphatic heterocycles. The molecule has 1 aromatic carbocycles. The fourth-order valence-corrected chi connectivity index (χ4v) is 3.75. The quantitative estimate of drug-likeness (QED) is 0.804. The number of carbonyl (C=O) groups is 1. The van der Waals surface area contributed by atoms with Gasteiger partial charge in [-0.3, -0.25) is 4.90 Å². The second-order valence-corrected chi connectivity index (χ2v) is 7.44. The molecule has 1 N–H and O–H groups in total. The molecule has 2 heterocycles. The van der Waals surface area contributed by atoms with E-state index in [1.54, 1.807) is 22.9 Å². The van der Waals surface area contributed by atoms with E-state index in [9.17, 15) is 9.90 Å². The fourth-order valence-electron chi connectivity index (χ4n) is 3.46. The molecule has 0 aliphatic carbocycles. The second kappa shape index (κ2) is 8.30. The lowest BCUT2D eigenvalue weighted by atomic mass is 9.98. The van der Waals surface area contributed by atoms with E-state index in [0.29, 0.717) is 34.3 Å². The van der Waals surface area contributed by atoms with Gasteiger partial charge in [-0.2, -0.15) is 10.4 Å². The molecule has 0 bridgehead atoms. The maximum Gasteiger partial charge on any atom is 0.356 e. The Hall–Kier alpha value is -2.07. The topological polar surface area (TPSA) is 82.2 Å². The molecule has 3 rings (SSSR count). The Morgan fingerprint density at radius 3 is 2.59 bits per heavy atom. The van der Waals surface area contributed by atoms with Crippen LogP contribution in [-0.2, 0) is 13.0 Å². The van der Waals surface area contributed by atoms with Gasteiger partial charge in [0.25, 0.3) is 0 Å². The Morgan fingerprint density at radius 1 is 1.33 bits per heavy atom. The number of nitrogens with zero attached hydrogens (tertiary/aromatic N) is 4. The van der Waals surface area contributed by atoms with Crippen molar-refractivity contribution in [3.05, 3.63) is 45.2 Å². The number of nitriles is 1. The monoisotopic (exact) mass is 406 g/mol. The summed E-state index contributed by atoms with van der Waals surface area (Å²) < 4.78 is 1.64. The van der Waals surface area contributed by atoms with Crippen molar-refractivity contribution in [3.8, 4) is 11.8 Å². The summed E-state index contributed by atoms with van der Waals surface area (Å²) in [7, 11) is 0. The highest BCUT2D eigenvalue weighted by molar-refractivity contribution is 6.42. The molecule has 27 heavy (non-hydrogen) atoms. The molecule has 0 unspecified atom stereocenters. The van der Waals surface area contributed by atoms with Crippen molar-refractivity contribution in [1.82, 2.24) is 14.7 Å². The van der Waals surface area contributed by atoms with Crippen LogP contribution < -0.4 is 0 Å². The zero-order valence-corrected chi connectivity index (χ0v) is 16.5. The first-order valence-corrected chi connectivity index (χ1v) is 9.61. The SMILES string of the molecule is CCc1c(CN2CCC(C#N)CC2)c(C(=O)O)nn1-c1ccc(Cl)c(Cl)c1. The standard InChI is InChI=1S/C19H20Cl2N4O2/c1-2-17-14(11-24-7-5-12(10-22)6-8-24)18(19(26)27)23-25(17)13-3-4-15(20)16(21)9-13/h3-4,9,12H,2,5-8,11H2,1H3,(H,26,27). The van der Waals surface area contributed by atoms with Gasteiger partial charge in [-0.1, -0.05) is 30.1 Å². The van der Waals surface area contributed by atoms with Gasteiger partial charge in [-0.15, -0.1) is 0 Å². The summed E-state index contributed by atoms with van der Waals surface area (Å²) in [5.74, 6) is -0.963.